The van der Waals surface area contributed by atoms with E-state index in [4.69, 9.17) is 4.74 Å². The lowest BCUT2D eigenvalue weighted by Crippen LogP contribution is -2.11. The summed E-state index contributed by atoms with van der Waals surface area (Å²) in [4.78, 5) is 26.6. The van der Waals surface area contributed by atoms with Gasteiger partial charge >= 0.3 is 5.97 Å². The number of hydrogen-bond acceptors (Lipinski definition) is 6. The van der Waals surface area contributed by atoms with Gasteiger partial charge in [-0.05, 0) is 13.0 Å². The van der Waals surface area contributed by atoms with Crippen LogP contribution in [-0.2, 0) is 4.74 Å². The first-order valence-corrected chi connectivity index (χ1v) is 6.67. The largest absolute Gasteiger partial charge is 0.462 e. The molecule has 0 saturated carbocycles. The highest BCUT2D eigenvalue weighted by Crippen LogP contribution is 2.29. The van der Waals surface area contributed by atoms with Gasteiger partial charge in [0.1, 0.15) is 5.56 Å². The summed E-state index contributed by atoms with van der Waals surface area (Å²) in [5, 5.41) is 14.5. The molecule has 7 nitrogen and oxygen atoms in total. The van der Waals surface area contributed by atoms with Gasteiger partial charge in [0.2, 0.25) is 0 Å². The molecular weight excluding hydrogens is 286 g/mol. The van der Waals surface area contributed by atoms with Crippen LogP contribution < -0.4 is 5.32 Å². The lowest BCUT2D eigenvalue weighted by Gasteiger charge is -2.12. The van der Waals surface area contributed by atoms with E-state index in [-0.39, 0.29) is 17.9 Å². The summed E-state index contributed by atoms with van der Waals surface area (Å²) in [6, 6.07) is 4.30. The van der Waals surface area contributed by atoms with E-state index in [0.29, 0.717) is 23.1 Å². The number of nitrogens with one attached hydrogen (secondary N) is 1. The van der Waals surface area contributed by atoms with E-state index in [1.807, 2.05) is 0 Å². The molecular formula is C15H15N3O4. The van der Waals surface area contributed by atoms with Crippen LogP contribution in [0.4, 0.5) is 11.4 Å². The number of fused-ring (bicyclic) bond motifs is 1. The number of non-ortho nitro benzene ring substituents is 1. The molecule has 0 fully saturated rings. The molecule has 0 aliphatic rings. The summed E-state index contributed by atoms with van der Waals surface area (Å²) in [6.45, 7) is 5.94. The van der Waals surface area contributed by atoms with Gasteiger partial charge in [0.05, 0.1) is 22.7 Å². The molecule has 0 atom stereocenters. The van der Waals surface area contributed by atoms with Crippen molar-refractivity contribution in [2.45, 2.75) is 6.92 Å². The summed E-state index contributed by atoms with van der Waals surface area (Å²) >= 11 is 0. The van der Waals surface area contributed by atoms with Crippen LogP contribution in [0.3, 0.4) is 0 Å². The van der Waals surface area contributed by atoms with E-state index in [1.54, 1.807) is 19.1 Å². The summed E-state index contributed by atoms with van der Waals surface area (Å²) in [6.07, 6.45) is 3.02. The van der Waals surface area contributed by atoms with Gasteiger partial charge in [0.25, 0.3) is 5.69 Å². The fourth-order valence-corrected chi connectivity index (χ4v) is 2.02. The van der Waals surface area contributed by atoms with Crippen molar-refractivity contribution in [3.05, 3.63) is 52.7 Å². The molecule has 0 bridgehead atoms. The zero-order valence-electron chi connectivity index (χ0n) is 12.0. The molecule has 0 spiro atoms. The molecule has 7 heteroatoms. The maximum absolute atomic E-state index is 12.0. The molecule has 0 aliphatic heterocycles. The van der Waals surface area contributed by atoms with Crippen molar-refractivity contribution >= 4 is 28.2 Å². The van der Waals surface area contributed by atoms with Crippen molar-refractivity contribution in [2.75, 3.05) is 18.5 Å². The summed E-state index contributed by atoms with van der Waals surface area (Å²) in [5.41, 5.74) is 1.16. The number of anilines is 1. The number of aromatic nitrogens is 1. The molecule has 0 saturated heterocycles. The number of nitrogens with zero attached hydrogens (tertiary/aromatic N) is 2. The van der Waals surface area contributed by atoms with Crippen LogP contribution in [0.15, 0.2) is 37.1 Å². The Morgan fingerprint density at radius 2 is 2.32 bits per heavy atom. The number of pyridine rings is 1. The Labute approximate surface area is 126 Å². The van der Waals surface area contributed by atoms with Crippen LogP contribution in [0.1, 0.15) is 17.3 Å². The monoisotopic (exact) mass is 301 g/mol. The lowest BCUT2D eigenvalue weighted by molar-refractivity contribution is -0.384. The maximum Gasteiger partial charge on any atom is 0.341 e. The molecule has 0 unspecified atom stereocenters. The molecule has 1 aromatic carbocycles. The fraction of sp³-hybridized carbons (Fsp3) is 0.200. The third-order valence-electron chi connectivity index (χ3n) is 2.98. The van der Waals surface area contributed by atoms with Gasteiger partial charge in [0.15, 0.2) is 0 Å². The molecule has 114 valence electrons. The van der Waals surface area contributed by atoms with Crippen LogP contribution in [0, 0.1) is 10.1 Å². The predicted molar refractivity (Wildman–Crippen MR) is 83.0 cm³/mol. The number of hydrogen-bond donors (Lipinski definition) is 1. The van der Waals surface area contributed by atoms with Gasteiger partial charge in [0, 0.05) is 30.3 Å². The van der Waals surface area contributed by atoms with Crippen molar-refractivity contribution in [2.24, 2.45) is 0 Å². The fourth-order valence-electron chi connectivity index (χ4n) is 2.02. The van der Waals surface area contributed by atoms with Gasteiger partial charge < -0.3 is 10.1 Å². The normalized spacial score (nSPS) is 10.2. The third kappa shape index (κ3) is 3.03. The molecule has 1 aromatic heterocycles. The Hall–Kier alpha value is -2.96. The first kappa shape index (κ1) is 15.4. The van der Waals surface area contributed by atoms with Crippen molar-refractivity contribution in [3.63, 3.8) is 0 Å². The van der Waals surface area contributed by atoms with Crippen LogP contribution in [0.5, 0.6) is 0 Å². The highest BCUT2D eigenvalue weighted by molar-refractivity contribution is 6.05. The van der Waals surface area contributed by atoms with Crippen molar-refractivity contribution in [1.82, 2.24) is 4.98 Å². The number of ether oxygens (including phenoxy) is 1. The van der Waals surface area contributed by atoms with Crippen LogP contribution >= 0.6 is 0 Å². The molecule has 0 amide bonds. The first-order valence-electron chi connectivity index (χ1n) is 6.67. The highest BCUT2D eigenvalue weighted by Gasteiger charge is 2.18. The van der Waals surface area contributed by atoms with E-state index in [2.05, 4.69) is 16.9 Å². The van der Waals surface area contributed by atoms with E-state index >= 15 is 0 Å². The highest BCUT2D eigenvalue weighted by atomic mass is 16.6. The molecule has 1 N–H and O–H groups in total. The van der Waals surface area contributed by atoms with Crippen LogP contribution in [0.2, 0.25) is 0 Å². The van der Waals surface area contributed by atoms with Crippen LogP contribution in [-0.4, -0.2) is 29.0 Å². The summed E-state index contributed by atoms with van der Waals surface area (Å²) < 4.78 is 5.00. The number of nitro benzene ring substituents is 1. The van der Waals surface area contributed by atoms with E-state index < -0.39 is 10.9 Å². The van der Waals surface area contributed by atoms with Gasteiger partial charge in [-0.15, -0.1) is 6.58 Å². The summed E-state index contributed by atoms with van der Waals surface area (Å²) in [5.74, 6) is -0.532. The number of carbonyl (C=O) groups excluding carboxylic acids is 1. The molecule has 2 aromatic rings. The van der Waals surface area contributed by atoms with Gasteiger partial charge in [-0.25, -0.2) is 4.79 Å². The molecule has 1 heterocycles. The second-order valence-electron chi connectivity index (χ2n) is 4.40. The quantitative estimate of drug-likeness (QED) is 0.381. The number of esters is 1. The molecule has 22 heavy (non-hydrogen) atoms. The second-order valence-corrected chi connectivity index (χ2v) is 4.40. The number of carbonyl (C=O) groups is 1. The SMILES string of the molecule is C=CCNc1c(C(=O)OCC)cnc2ccc([N+](=O)[O-])cc12. The number of benzene rings is 1. The van der Waals surface area contributed by atoms with E-state index in [1.165, 1.54) is 18.3 Å². The van der Waals surface area contributed by atoms with E-state index in [0.717, 1.165) is 0 Å². The Morgan fingerprint density at radius 3 is 2.95 bits per heavy atom. The van der Waals surface area contributed by atoms with E-state index in [9.17, 15) is 14.9 Å². The lowest BCUT2D eigenvalue weighted by atomic mass is 10.1. The Balaban J connectivity index is 2.66. The molecule has 0 radical (unpaired) electrons. The minimum atomic E-state index is -0.532. The summed E-state index contributed by atoms with van der Waals surface area (Å²) in [7, 11) is 0. The third-order valence-corrected chi connectivity index (χ3v) is 2.98. The average Bonchev–Trinajstić information content (AvgIpc) is 2.51. The maximum atomic E-state index is 12.0. The zero-order valence-corrected chi connectivity index (χ0v) is 12.0. The molecule has 2 rings (SSSR count). The average molecular weight is 301 g/mol. The Morgan fingerprint density at radius 1 is 1.55 bits per heavy atom. The van der Waals surface area contributed by atoms with Crippen molar-refractivity contribution in [3.8, 4) is 0 Å². The van der Waals surface area contributed by atoms with Gasteiger partial charge in [-0.3, -0.25) is 15.1 Å². The van der Waals surface area contributed by atoms with Gasteiger partial charge in [-0.1, -0.05) is 6.08 Å². The molecule has 0 aliphatic carbocycles. The van der Waals surface area contributed by atoms with Gasteiger partial charge in [-0.2, -0.15) is 0 Å². The van der Waals surface area contributed by atoms with Crippen molar-refractivity contribution in [1.29, 1.82) is 0 Å². The van der Waals surface area contributed by atoms with Crippen LogP contribution in [0.25, 0.3) is 10.9 Å². The predicted octanol–water partition coefficient (Wildman–Crippen LogP) is 2.92. The number of nitro groups is 1. The second kappa shape index (κ2) is 6.66. The minimum absolute atomic E-state index is 0.0723. The zero-order chi connectivity index (χ0) is 16.1. The Kier molecular flexibility index (Phi) is 4.67. The first-order chi connectivity index (χ1) is 10.6. The van der Waals surface area contributed by atoms with Crippen molar-refractivity contribution < 1.29 is 14.5 Å². The Bertz CT molecular complexity index is 743. The standard InChI is InChI=1S/C15H15N3O4/c1-3-7-16-14-11-8-10(18(20)21)5-6-13(11)17-9-12(14)15(19)22-4-2/h3,5-6,8-9H,1,4,7H2,2H3,(H,16,17). The smallest absolute Gasteiger partial charge is 0.341 e. The topological polar surface area (TPSA) is 94.4 Å². The number of rotatable bonds is 6. The minimum Gasteiger partial charge on any atom is -0.462 e.